The van der Waals surface area contributed by atoms with Crippen molar-refractivity contribution < 1.29 is 19.1 Å². The Balaban J connectivity index is 1.77. The van der Waals surface area contributed by atoms with Gasteiger partial charge >= 0.3 is 11.7 Å². The number of nitrogen functional groups attached to an aromatic ring is 1. The fourth-order valence-electron chi connectivity index (χ4n) is 3.39. The van der Waals surface area contributed by atoms with Crippen LogP contribution in [0.25, 0.3) is 0 Å². The SMILES string of the molecule is CC(C)Cn1c(N)c(C(=O)COC(=O)c2ccccc2COc2ccccc2)c(=O)n(C)c1=O. The summed E-state index contributed by atoms with van der Waals surface area (Å²) in [5.74, 6) is -1.08. The van der Waals surface area contributed by atoms with E-state index in [9.17, 15) is 19.2 Å². The van der Waals surface area contributed by atoms with Crippen molar-refractivity contribution in [1.29, 1.82) is 0 Å². The number of Topliss-reactive ketones (excluding diaryl/α,β-unsaturated/α-hetero) is 1. The second-order valence-electron chi connectivity index (χ2n) is 8.17. The minimum Gasteiger partial charge on any atom is -0.489 e. The molecule has 2 N–H and O–H groups in total. The lowest BCUT2D eigenvalue weighted by atomic mass is 10.1. The van der Waals surface area contributed by atoms with Crippen molar-refractivity contribution in [3.63, 3.8) is 0 Å². The molecule has 0 spiro atoms. The highest BCUT2D eigenvalue weighted by Crippen LogP contribution is 2.16. The first kappa shape index (κ1) is 24.5. The number of aromatic nitrogens is 2. The number of hydrogen-bond donors (Lipinski definition) is 1. The van der Waals surface area contributed by atoms with E-state index in [1.165, 1.54) is 11.6 Å². The molecule has 3 aromatic rings. The average Bonchev–Trinajstić information content (AvgIpc) is 2.83. The number of ether oxygens (including phenoxy) is 2. The lowest BCUT2D eigenvalue weighted by Crippen LogP contribution is -2.43. The van der Waals surface area contributed by atoms with Gasteiger partial charge in [0.1, 0.15) is 23.7 Å². The topological polar surface area (TPSA) is 123 Å². The Labute approximate surface area is 196 Å². The van der Waals surface area contributed by atoms with Crippen molar-refractivity contribution in [1.82, 2.24) is 9.13 Å². The van der Waals surface area contributed by atoms with Gasteiger partial charge in [0.15, 0.2) is 6.61 Å². The van der Waals surface area contributed by atoms with Gasteiger partial charge in [0.25, 0.3) is 5.56 Å². The lowest BCUT2D eigenvalue weighted by molar-refractivity contribution is 0.0471. The molecule has 2 aromatic carbocycles. The number of nitrogens with zero attached hydrogens (tertiary/aromatic N) is 2. The second kappa shape index (κ2) is 10.7. The van der Waals surface area contributed by atoms with E-state index in [4.69, 9.17) is 15.2 Å². The summed E-state index contributed by atoms with van der Waals surface area (Å²) in [5.41, 5.74) is 4.99. The smallest absolute Gasteiger partial charge is 0.338 e. The third-order valence-corrected chi connectivity index (χ3v) is 5.12. The Morgan fingerprint density at radius 3 is 2.32 bits per heavy atom. The molecule has 0 aliphatic heterocycles. The first-order chi connectivity index (χ1) is 16.2. The predicted octanol–water partition coefficient (Wildman–Crippen LogP) is 2.40. The zero-order chi connectivity index (χ0) is 24.8. The van der Waals surface area contributed by atoms with Gasteiger partial charge < -0.3 is 15.2 Å². The van der Waals surface area contributed by atoms with Crippen LogP contribution < -0.4 is 21.7 Å². The summed E-state index contributed by atoms with van der Waals surface area (Å²) in [6.45, 7) is 3.40. The molecule has 9 nitrogen and oxygen atoms in total. The summed E-state index contributed by atoms with van der Waals surface area (Å²) in [6, 6.07) is 15.8. The Morgan fingerprint density at radius 2 is 1.65 bits per heavy atom. The number of carbonyl (C=O) groups is 2. The Morgan fingerprint density at radius 1 is 1.00 bits per heavy atom. The first-order valence-electron chi connectivity index (χ1n) is 10.8. The van der Waals surface area contributed by atoms with Crippen molar-refractivity contribution in [2.24, 2.45) is 13.0 Å². The molecule has 9 heteroatoms. The monoisotopic (exact) mass is 465 g/mol. The molecule has 0 aliphatic carbocycles. The van der Waals surface area contributed by atoms with Crippen LogP contribution in [0.4, 0.5) is 5.82 Å². The maximum absolute atomic E-state index is 12.8. The predicted molar refractivity (Wildman–Crippen MR) is 127 cm³/mol. The van der Waals surface area contributed by atoms with Crippen molar-refractivity contribution in [3.05, 3.63) is 92.1 Å². The molecule has 0 bridgehead atoms. The molecule has 1 heterocycles. The first-order valence-corrected chi connectivity index (χ1v) is 10.8. The summed E-state index contributed by atoms with van der Waals surface area (Å²) in [4.78, 5) is 50.5. The highest BCUT2D eigenvalue weighted by atomic mass is 16.5. The molecular formula is C25H27N3O6. The maximum atomic E-state index is 12.8. The highest BCUT2D eigenvalue weighted by Gasteiger charge is 2.23. The molecule has 0 radical (unpaired) electrons. The Hall–Kier alpha value is -4.14. The van der Waals surface area contributed by atoms with Crippen LogP contribution in [0.15, 0.2) is 64.2 Å². The van der Waals surface area contributed by atoms with Crippen molar-refractivity contribution >= 4 is 17.6 Å². The molecule has 0 saturated heterocycles. The zero-order valence-corrected chi connectivity index (χ0v) is 19.3. The largest absolute Gasteiger partial charge is 0.489 e. The van der Waals surface area contributed by atoms with Gasteiger partial charge in [-0.25, -0.2) is 9.59 Å². The fourth-order valence-corrected chi connectivity index (χ4v) is 3.39. The summed E-state index contributed by atoms with van der Waals surface area (Å²) in [6.07, 6.45) is 0. The third-order valence-electron chi connectivity index (χ3n) is 5.12. The van der Waals surface area contributed by atoms with Gasteiger partial charge in [-0.3, -0.25) is 18.7 Å². The van der Waals surface area contributed by atoms with Crippen molar-refractivity contribution in [2.75, 3.05) is 12.3 Å². The van der Waals surface area contributed by atoms with Gasteiger partial charge in [0, 0.05) is 19.2 Å². The van der Waals surface area contributed by atoms with Gasteiger partial charge in [-0.2, -0.15) is 0 Å². The number of hydrogen-bond acceptors (Lipinski definition) is 7. The molecule has 0 saturated carbocycles. The molecule has 0 unspecified atom stereocenters. The number of anilines is 1. The average molecular weight is 466 g/mol. The van der Waals surface area contributed by atoms with Gasteiger partial charge in [-0.05, 0) is 24.1 Å². The van der Waals surface area contributed by atoms with E-state index in [2.05, 4.69) is 0 Å². The normalized spacial score (nSPS) is 10.8. The molecular weight excluding hydrogens is 438 g/mol. The molecule has 3 rings (SSSR count). The van der Waals surface area contributed by atoms with Crippen LogP contribution in [0.2, 0.25) is 0 Å². The molecule has 0 amide bonds. The number of carbonyl (C=O) groups excluding carboxylic acids is 2. The number of ketones is 1. The molecule has 0 fully saturated rings. The molecule has 178 valence electrons. The van der Waals surface area contributed by atoms with E-state index >= 15 is 0 Å². The van der Waals surface area contributed by atoms with E-state index in [-0.39, 0.29) is 36.0 Å². The van der Waals surface area contributed by atoms with Crippen LogP contribution >= 0.6 is 0 Å². The molecule has 1 aromatic heterocycles. The molecule has 0 atom stereocenters. The van der Waals surface area contributed by atoms with E-state index in [1.807, 2.05) is 32.0 Å². The van der Waals surface area contributed by atoms with Crippen LogP contribution in [0.3, 0.4) is 0 Å². The van der Waals surface area contributed by atoms with Gasteiger partial charge in [0.2, 0.25) is 5.78 Å². The van der Waals surface area contributed by atoms with Crippen molar-refractivity contribution in [3.8, 4) is 5.75 Å². The summed E-state index contributed by atoms with van der Waals surface area (Å²) in [7, 11) is 1.27. The molecule has 34 heavy (non-hydrogen) atoms. The van der Waals surface area contributed by atoms with Crippen LogP contribution in [0, 0.1) is 5.92 Å². The highest BCUT2D eigenvalue weighted by molar-refractivity contribution is 6.02. The standard InChI is InChI=1S/C25H27N3O6/c1-16(2)13-28-22(26)21(23(30)27(3)25(28)32)20(29)15-34-24(31)19-12-8-7-9-17(19)14-33-18-10-5-4-6-11-18/h4-12,16H,13-15,26H2,1-3H3. The van der Waals surface area contributed by atoms with Crippen LogP contribution in [-0.4, -0.2) is 27.5 Å². The zero-order valence-electron chi connectivity index (χ0n) is 19.3. The van der Waals surface area contributed by atoms with Crippen LogP contribution in [-0.2, 0) is 24.9 Å². The minimum atomic E-state index is -0.833. The number of para-hydroxylation sites is 1. The van der Waals surface area contributed by atoms with Crippen molar-refractivity contribution in [2.45, 2.75) is 27.0 Å². The number of rotatable bonds is 9. The van der Waals surface area contributed by atoms with Crippen LogP contribution in [0.1, 0.15) is 40.1 Å². The third kappa shape index (κ3) is 5.43. The summed E-state index contributed by atoms with van der Waals surface area (Å²) in [5, 5.41) is 0. The number of benzene rings is 2. The van der Waals surface area contributed by atoms with Crippen LogP contribution in [0.5, 0.6) is 5.75 Å². The molecule has 0 aliphatic rings. The Kier molecular flexibility index (Phi) is 7.68. The number of nitrogens with two attached hydrogens (primary N) is 1. The van der Waals surface area contributed by atoms with E-state index < -0.39 is 29.6 Å². The number of esters is 1. The quantitative estimate of drug-likeness (QED) is 0.380. The lowest BCUT2D eigenvalue weighted by Gasteiger charge is -2.16. The fraction of sp³-hybridized carbons (Fsp3) is 0.280. The van der Waals surface area contributed by atoms with Gasteiger partial charge in [-0.15, -0.1) is 0 Å². The van der Waals surface area contributed by atoms with E-state index in [0.29, 0.717) is 11.3 Å². The summed E-state index contributed by atoms with van der Waals surface area (Å²) >= 11 is 0. The summed E-state index contributed by atoms with van der Waals surface area (Å²) < 4.78 is 12.9. The second-order valence-corrected chi connectivity index (χ2v) is 8.17. The minimum absolute atomic E-state index is 0.0490. The maximum Gasteiger partial charge on any atom is 0.338 e. The van der Waals surface area contributed by atoms with E-state index in [1.54, 1.807) is 36.4 Å². The van der Waals surface area contributed by atoms with Gasteiger partial charge in [-0.1, -0.05) is 50.2 Å². The Bertz CT molecular complexity index is 1310. The van der Waals surface area contributed by atoms with Gasteiger partial charge in [0.05, 0.1) is 5.56 Å². The van der Waals surface area contributed by atoms with E-state index in [0.717, 1.165) is 4.57 Å².